The molecule has 1 fully saturated rings. The molecule has 0 aliphatic heterocycles. The lowest BCUT2D eigenvalue weighted by atomic mass is 9.96. The third kappa shape index (κ3) is 4.21. The lowest BCUT2D eigenvalue weighted by molar-refractivity contribution is 0.644. The van der Waals surface area contributed by atoms with Crippen LogP contribution in [0.3, 0.4) is 0 Å². The number of guanidine groups is 1. The predicted octanol–water partition coefficient (Wildman–Crippen LogP) is 2.67. The van der Waals surface area contributed by atoms with Crippen LogP contribution in [0.5, 0.6) is 0 Å². The van der Waals surface area contributed by atoms with Gasteiger partial charge in [-0.1, -0.05) is 28.1 Å². The Balaban J connectivity index is 1.66. The molecule has 0 spiro atoms. The number of halogens is 1. The molecule has 1 heterocycles. The molecular weight excluding hydrogens is 380 g/mol. The molecule has 134 valence electrons. The van der Waals surface area contributed by atoms with E-state index in [4.69, 9.17) is 0 Å². The minimum atomic E-state index is 0.224. The molecule has 0 amide bonds. The number of nitrogens with zero attached hydrogens (tertiary/aromatic N) is 4. The van der Waals surface area contributed by atoms with E-state index in [9.17, 15) is 0 Å². The molecule has 1 aromatic carbocycles. The molecule has 1 aliphatic carbocycles. The Morgan fingerprint density at radius 2 is 2.12 bits per heavy atom. The number of hydrogen-bond acceptors (Lipinski definition) is 3. The van der Waals surface area contributed by atoms with E-state index in [-0.39, 0.29) is 5.41 Å². The largest absolute Gasteiger partial charge is 0.357 e. The normalized spacial score (nSPS) is 15.9. The van der Waals surface area contributed by atoms with Crippen LogP contribution in [-0.4, -0.2) is 33.8 Å². The maximum atomic E-state index is 4.66. The summed E-state index contributed by atoms with van der Waals surface area (Å²) in [5, 5.41) is 15.1. The molecule has 0 unspecified atom stereocenters. The van der Waals surface area contributed by atoms with Crippen LogP contribution in [-0.2, 0) is 19.0 Å². The van der Waals surface area contributed by atoms with Gasteiger partial charge in [0, 0.05) is 30.0 Å². The summed E-state index contributed by atoms with van der Waals surface area (Å²) in [6, 6.07) is 8.61. The minimum absolute atomic E-state index is 0.224. The first kappa shape index (κ1) is 17.9. The monoisotopic (exact) mass is 404 g/mol. The fourth-order valence-electron chi connectivity index (χ4n) is 2.87. The van der Waals surface area contributed by atoms with Crippen molar-refractivity contribution < 1.29 is 0 Å². The predicted molar refractivity (Wildman–Crippen MR) is 104 cm³/mol. The maximum Gasteiger partial charge on any atom is 0.191 e. The van der Waals surface area contributed by atoms with Gasteiger partial charge in [0.1, 0.15) is 12.4 Å². The van der Waals surface area contributed by atoms with Gasteiger partial charge in [-0.15, -0.1) is 10.2 Å². The summed E-state index contributed by atoms with van der Waals surface area (Å²) < 4.78 is 3.10. The summed E-state index contributed by atoms with van der Waals surface area (Å²) >= 11 is 3.58. The zero-order valence-electron chi connectivity index (χ0n) is 15.0. The Kier molecular flexibility index (Phi) is 5.42. The molecular formula is C18H25BrN6. The van der Waals surface area contributed by atoms with Crippen LogP contribution in [0.4, 0.5) is 0 Å². The van der Waals surface area contributed by atoms with E-state index in [1.165, 1.54) is 18.4 Å². The van der Waals surface area contributed by atoms with E-state index >= 15 is 0 Å². The zero-order chi connectivity index (χ0) is 17.9. The number of nitrogens with one attached hydrogen (secondary N) is 2. The van der Waals surface area contributed by atoms with E-state index in [2.05, 4.69) is 72.9 Å². The molecule has 7 heteroatoms. The average molecular weight is 405 g/mol. The Morgan fingerprint density at radius 1 is 1.32 bits per heavy atom. The van der Waals surface area contributed by atoms with Crippen LogP contribution in [0, 0.1) is 6.92 Å². The summed E-state index contributed by atoms with van der Waals surface area (Å²) in [5.74, 6) is 2.59. The number of aliphatic imine (C=N–C) groups is 1. The van der Waals surface area contributed by atoms with Crippen molar-refractivity contribution in [3.8, 4) is 0 Å². The van der Waals surface area contributed by atoms with Gasteiger partial charge in [0.25, 0.3) is 0 Å². The van der Waals surface area contributed by atoms with Gasteiger partial charge < -0.3 is 15.2 Å². The standard InChI is InChI=1S/C18H25BrN6/c1-4-20-17(21-11-16-24-23-13(2)25(16)3)22-12-18(8-9-18)14-6-5-7-15(19)10-14/h5-7,10H,4,8-9,11-12H2,1-3H3,(H2,20,21,22). The molecule has 3 rings (SSSR count). The third-order valence-corrected chi connectivity index (χ3v) is 5.28. The number of aromatic nitrogens is 3. The minimum Gasteiger partial charge on any atom is -0.357 e. The molecule has 6 nitrogen and oxygen atoms in total. The van der Waals surface area contributed by atoms with Crippen molar-refractivity contribution in [3.05, 3.63) is 46.0 Å². The third-order valence-electron chi connectivity index (χ3n) is 4.79. The van der Waals surface area contributed by atoms with Gasteiger partial charge in [-0.05, 0) is 44.4 Å². The van der Waals surface area contributed by atoms with Crippen LogP contribution in [0.25, 0.3) is 0 Å². The van der Waals surface area contributed by atoms with E-state index in [0.29, 0.717) is 6.54 Å². The summed E-state index contributed by atoms with van der Waals surface area (Å²) in [6.07, 6.45) is 2.41. The number of hydrogen-bond donors (Lipinski definition) is 2. The maximum absolute atomic E-state index is 4.66. The van der Waals surface area contributed by atoms with E-state index in [0.717, 1.165) is 35.2 Å². The molecule has 0 saturated heterocycles. The van der Waals surface area contributed by atoms with Gasteiger partial charge >= 0.3 is 0 Å². The number of benzene rings is 1. The van der Waals surface area contributed by atoms with Gasteiger partial charge in [-0.25, -0.2) is 4.99 Å². The van der Waals surface area contributed by atoms with Crippen molar-refractivity contribution in [2.75, 3.05) is 13.1 Å². The van der Waals surface area contributed by atoms with Crippen LogP contribution in [0.1, 0.15) is 37.0 Å². The number of aryl methyl sites for hydroxylation is 1. The average Bonchev–Trinajstić information content (AvgIpc) is 3.33. The highest BCUT2D eigenvalue weighted by Crippen LogP contribution is 2.48. The van der Waals surface area contributed by atoms with Crippen molar-refractivity contribution in [2.24, 2.45) is 12.0 Å². The van der Waals surface area contributed by atoms with Crippen molar-refractivity contribution in [1.82, 2.24) is 25.4 Å². The van der Waals surface area contributed by atoms with Gasteiger partial charge in [0.2, 0.25) is 0 Å². The Labute approximate surface area is 157 Å². The lowest BCUT2D eigenvalue weighted by Gasteiger charge is -2.19. The lowest BCUT2D eigenvalue weighted by Crippen LogP contribution is -2.41. The smallest absolute Gasteiger partial charge is 0.191 e. The van der Waals surface area contributed by atoms with Gasteiger partial charge in [-0.2, -0.15) is 0 Å². The SMILES string of the molecule is CCNC(=NCc1nnc(C)n1C)NCC1(c2cccc(Br)c2)CC1. The first-order valence-electron chi connectivity index (χ1n) is 8.67. The second-order valence-electron chi connectivity index (χ2n) is 6.56. The first-order chi connectivity index (χ1) is 12.0. The quantitative estimate of drug-likeness (QED) is 0.573. The van der Waals surface area contributed by atoms with Crippen LogP contribution < -0.4 is 10.6 Å². The molecule has 0 radical (unpaired) electrons. The first-order valence-corrected chi connectivity index (χ1v) is 9.46. The molecule has 1 aliphatic rings. The van der Waals surface area contributed by atoms with Gasteiger partial charge in [0.15, 0.2) is 11.8 Å². The van der Waals surface area contributed by atoms with Crippen molar-refractivity contribution in [3.63, 3.8) is 0 Å². The fourth-order valence-corrected chi connectivity index (χ4v) is 3.27. The van der Waals surface area contributed by atoms with Gasteiger partial charge in [-0.3, -0.25) is 0 Å². The molecule has 2 N–H and O–H groups in total. The van der Waals surface area contributed by atoms with Crippen molar-refractivity contribution in [1.29, 1.82) is 0 Å². The Hall–Kier alpha value is -1.89. The second kappa shape index (κ2) is 7.56. The molecule has 0 atom stereocenters. The molecule has 25 heavy (non-hydrogen) atoms. The summed E-state index contributed by atoms with van der Waals surface area (Å²) in [5.41, 5.74) is 1.61. The van der Waals surface area contributed by atoms with Gasteiger partial charge in [0.05, 0.1) is 0 Å². The van der Waals surface area contributed by atoms with Crippen LogP contribution in [0.15, 0.2) is 33.7 Å². The van der Waals surface area contributed by atoms with E-state index in [1.54, 1.807) is 0 Å². The van der Waals surface area contributed by atoms with Crippen molar-refractivity contribution >= 4 is 21.9 Å². The molecule has 1 saturated carbocycles. The molecule has 1 aromatic heterocycles. The highest BCUT2D eigenvalue weighted by Gasteiger charge is 2.44. The van der Waals surface area contributed by atoms with Crippen LogP contribution >= 0.6 is 15.9 Å². The van der Waals surface area contributed by atoms with E-state index < -0.39 is 0 Å². The van der Waals surface area contributed by atoms with Crippen molar-refractivity contribution in [2.45, 2.75) is 38.6 Å². The highest BCUT2D eigenvalue weighted by atomic mass is 79.9. The topological polar surface area (TPSA) is 67.1 Å². The summed E-state index contributed by atoms with van der Waals surface area (Å²) in [6.45, 7) is 6.24. The summed E-state index contributed by atoms with van der Waals surface area (Å²) in [7, 11) is 1.97. The fraction of sp³-hybridized carbons (Fsp3) is 0.500. The second-order valence-corrected chi connectivity index (χ2v) is 7.48. The molecule has 2 aromatic rings. The van der Waals surface area contributed by atoms with E-state index in [1.807, 2.05) is 18.5 Å². The number of rotatable bonds is 6. The zero-order valence-corrected chi connectivity index (χ0v) is 16.6. The highest BCUT2D eigenvalue weighted by molar-refractivity contribution is 9.10. The van der Waals surface area contributed by atoms with Crippen LogP contribution in [0.2, 0.25) is 0 Å². The molecule has 0 bridgehead atoms. The Morgan fingerprint density at radius 3 is 2.72 bits per heavy atom. The summed E-state index contributed by atoms with van der Waals surface area (Å²) in [4.78, 5) is 4.66. The Bertz CT molecular complexity index is 763.